The number of nitrogens with zero attached hydrogens (tertiary/aromatic N) is 2. The molecule has 0 fully saturated rings. The van der Waals surface area contributed by atoms with Gasteiger partial charge >= 0.3 is 0 Å². The van der Waals surface area contributed by atoms with Crippen LogP contribution >= 0.6 is 0 Å². The summed E-state index contributed by atoms with van der Waals surface area (Å²) in [6, 6.07) is 5.10. The fourth-order valence-corrected chi connectivity index (χ4v) is 2.48. The first-order valence-corrected chi connectivity index (χ1v) is 7.76. The fraction of sp³-hybridized carbons (Fsp3) is 0.438. The number of nitrogens with two attached hydrogens (primary N) is 1. The first-order chi connectivity index (χ1) is 11.1. The molecule has 1 aromatic carbocycles. The number of carbonyl (C=O) groups excluding carboxylic acids is 1. The normalized spacial score (nSPS) is 12.1. The second kappa shape index (κ2) is 7.73. The molecule has 1 heterocycles. The number of hydrogen-bond donors (Lipinski definition) is 4. The van der Waals surface area contributed by atoms with Crippen LogP contribution in [0, 0.1) is 0 Å². The molecular formula is C16H23N5O2. The SMILES string of the molecule is CCCC[C@H](CO)Nc1nc(N)nc2cccc(C(=O)NC)c12. The topological polar surface area (TPSA) is 113 Å². The molecule has 0 spiro atoms. The van der Waals surface area contributed by atoms with Gasteiger partial charge in [-0.15, -0.1) is 0 Å². The van der Waals surface area contributed by atoms with Crippen LogP contribution in [-0.4, -0.2) is 40.7 Å². The van der Waals surface area contributed by atoms with E-state index in [0.29, 0.717) is 22.3 Å². The van der Waals surface area contributed by atoms with E-state index in [2.05, 4.69) is 27.5 Å². The lowest BCUT2D eigenvalue weighted by molar-refractivity contribution is 0.0964. The minimum atomic E-state index is -0.221. The Morgan fingerprint density at radius 1 is 1.39 bits per heavy atom. The molecule has 0 radical (unpaired) electrons. The van der Waals surface area contributed by atoms with Gasteiger partial charge in [0.2, 0.25) is 5.95 Å². The van der Waals surface area contributed by atoms with Gasteiger partial charge in [0.15, 0.2) is 0 Å². The third-order valence-electron chi connectivity index (χ3n) is 3.68. The molecule has 5 N–H and O–H groups in total. The van der Waals surface area contributed by atoms with Crippen molar-refractivity contribution in [1.29, 1.82) is 0 Å². The van der Waals surface area contributed by atoms with Crippen LogP contribution in [-0.2, 0) is 0 Å². The van der Waals surface area contributed by atoms with E-state index in [9.17, 15) is 9.90 Å². The van der Waals surface area contributed by atoms with Gasteiger partial charge < -0.3 is 21.5 Å². The molecular weight excluding hydrogens is 294 g/mol. The Kier molecular flexibility index (Phi) is 5.70. The van der Waals surface area contributed by atoms with Crippen molar-refractivity contribution >= 4 is 28.6 Å². The summed E-state index contributed by atoms with van der Waals surface area (Å²) in [6.07, 6.45) is 2.83. The average molecular weight is 317 g/mol. The molecule has 0 bridgehead atoms. The van der Waals surface area contributed by atoms with Crippen LogP contribution in [0.1, 0.15) is 36.5 Å². The van der Waals surface area contributed by atoms with Crippen LogP contribution in [0.2, 0.25) is 0 Å². The molecule has 2 aromatic rings. The highest BCUT2D eigenvalue weighted by Gasteiger charge is 2.17. The first-order valence-electron chi connectivity index (χ1n) is 7.76. The van der Waals surface area contributed by atoms with E-state index in [4.69, 9.17) is 5.73 Å². The van der Waals surface area contributed by atoms with Crippen molar-refractivity contribution in [3.63, 3.8) is 0 Å². The van der Waals surface area contributed by atoms with Crippen LogP contribution in [0.4, 0.5) is 11.8 Å². The van der Waals surface area contributed by atoms with Crippen molar-refractivity contribution in [3.8, 4) is 0 Å². The van der Waals surface area contributed by atoms with Gasteiger partial charge in [-0.2, -0.15) is 4.98 Å². The summed E-state index contributed by atoms with van der Waals surface area (Å²) in [5.41, 5.74) is 6.84. The minimum Gasteiger partial charge on any atom is -0.394 e. The lowest BCUT2D eigenvalue weighted by atomic mass is 10.1. The van der Waals surface area contributed by atoms with Gasteiger partial charge in [-0.25, -0.2) is 4.98 Å². The Balaban J connectivity index is 2.50. The number of nitrogens with one attached hydrogen (secondary N) is 2. The third-order valence-corrected chi connectivity index (χ3v) is 3.68. The molecule has 2 rings (SSSR count). The molecule has 1 aromatic heterocycles. The highest BCUT2D eigenvalue weighted by molar-refractivity contribution is 6.10. The van der Waals surface area contributed by atoms with Gasteiger partial charge in [0.05, 0.1) is 29.1 Å². The number of anilines is 2. The molecule has 23 heavy (non-hydrogen) atoms. The summed E-state index contributed by atoms with van der Waals surface area (Å²) in [7, 11) is 1.57. The maximum Gasteiger partial charge on any atom is 0.251 e. The first kappa shape index (κ1) is 17.0. The van der Waals surface area contributed by atoms with Crippen molar-refractivity contribution in [1.82, 2.24) is 15.3 Å². The molecule has 0 unspecified atom stereocenters. The van der Waals surface area contributed by atoms with E-state index < -0.39 is 0 Å². The monoisotopic (exact) mass is 317 g/mol. The van der Waals surface area contributed by atoms with Gasteiger partial charge in [-0.1, -0.05) is 25.8 Å². The van der Waals surface area contributed by atoms with Crippen molar-refractivity contribution in [2.75, 3.05) is 24.7 Å². The molecule has 0 aliphatic heterocycles. The number of benzene rings is 1. The Labute approximate surface area is 135 Å². The van der Waals surface area contributed by atoms with E-state index in [0.717, 1.165) is 19.3 Å². The molecule has 0 saturated carbocycles. The van der Waals surface area contributed by atoms with Crippen LogP contribution in [0.25, 0.3) is 10.9 Å². The highest BCUT2D eigenvalue weighted by atomic mass is 16.3. The number of aromatic nitrogens is 2. The molecule has 7 heteroatoms. The predicted octanol–water partition coefficient (Wildman–Crippen LogP) is 1.53. The molecule has 124 valence electrons. The number of hydrogen-bond acceptors (Lipinski definition) is 6. The number of nitrogen functional groups attached to an aromatic ring is 1. The van der Waals surface area contributed by atoms with Crippen LogP contribution in [0.15, 0.2) is 18.2 Å². The molecule has 0 aliphatic carbocycles. The van der Waals surface area contributed by atoms with Gasteiger partial charge in [0.1, 0.15) is 5.82 Å². The van der Waals surface area contributed by atoms with E-state index >= 15 is 0 Å². The number of aliphatic hydroxyl groups is 1. The molecule has 7 nitrogen and oxygen atoms in total. The van der Waals surface area contributed by atoms with Crippen molar-refractivity contribution < 1.29 is 9.90 Å². The summed E-state index contributed by atoms with van der Waals surface area (Å²) in [6.45, 7) is 2.07. The molecule has 0 saturated heterocycles. The lowest BCUT2D eigenvalue weighted by Gasteiger charge is -2.19. The number of amides is 1. The number of rotatable bonds is 7. The summed E-state index contributed by atoms with van der Waals surface area (Å²) in [5, 5.41) is 16.0. The zero-order valence-electron chi connectivity index (χ0n) is 13.5. The van der Waals surface area contributed by atoms with E-state index in [1.165, 1.54) is 0 Å². The summed E-state index contributed by atoms with van der Waals surface area (Å²) in [5.74, 6) is 0.379. The Hall–Kier alpha value is -2.41. The largest absolute Gasteiger partial charge is 0.394 e. The molecule has 0 aliphatic rings. The average Bonchev–Trinajstić information content (AvgIpc) is 2.56. The van der Waals surface area contributed by atoms with Gasteiger partial charge in [0.25, 0.3) is 5.91 Å². The maximum absolute atomic E-state index is 12.1. The zero-order chi connectivity index (χ0) is 16.8. The zero-order valence-corrected chi connectivity index (χ0v) is 13.5. The van der Waals surface area contributed by atoms with Crippen LogP contribution < -0.4 is 16.4 Å². The second-order valence-electron chi connectivity index (χ2n) is 5.38. The van der Waals surface area contributed by atoms with Gasteiger partial charge in [0, 0.05) is 7.05 Å². The maximum atomic E-state index is 12.1. The number of carbonyl (C=O) groups is 1. The van der Waals surface area contributed by atoms with Gasteiger partial charge in [-0.3, -0.25) is 4.79 Å². The third kappa shape index (κ3) is 3.87. The van der Waals surface area contributed by atoms with E-state index in [1.807, 2.05) is 0 Å². The van der Waals surface area contributed by atoms with Crippen LogP contribution in [0.3, 0.4) is 0 Å². The Morgan fingerprint density at radius 2 is 2.17 bits per heavy atom. The predicted molar refractivity (Wildman–Crippen MR) is 91.4 cm³/mol. The Bertz CT molecular complexity index is 689. The van der Waals surface area contributed by atoms with Crippen molar-refractivity contribution in [3.05, 3.63) is 23.8 Å². The van der Waals surface area contributed by atoms with Crippen molar-refractivity contribution in [2.45, 2.75) is 32.2 Å². The standard InChI is InChI=1S/C16H23N5O2/c1-3-4-6-10(9-22)19-14-13-11(15(23)18-2)7-5-8-12(13)20-16(17)21-14/h5,7-8,10,22H,3-4,6,9H2,1-2H3,(H,18,23)(H3,17,19,20,21)/t10-/m1/s1. The van der Waals surface area contributed by atoms with Crippen LogP contribution in [0.5, 0.6) is 0 Å². The second-order valence-corrected chi connectivity index (χ2v) is 5.38. The van der Waals surface area contributed by atoms with Gasteiger partial charge in [-0.05, 0) is 18.6 Å². The van der Waals surface area contributed by atoms with E-state index in [-0.39, 0.29) is 24.5 Å². The quantitative estimate of drug-likeness (QED) is 0.616. The fourth-order valence-electron chi connectivity index (χ4n) is 2.48. The highest BCUT2D eigenvalue weighted by Crippen LogP contribution is 2.26. The number of fused-ring (bicyclic) bond motifs is 1. The minimum absolute atomic E-state index is 0.0203. The Morgan fingerprint density at radius 3 is 2.83 bits per heavy atom. The van der Waals surface area contributed by atoms with E-state index in [1.54, 1.807) is 25.2 Å². The number of aliphatic hydroxyl groups excluding tert-OH is 1. The smallest absolute Gasteiger partial charge is 0.251 e. The summed E-state index contributed by atoms with van der Waals surface area (Å²) in [4.78, 5) is 20.5. The summed E-state index contributed by atoms with van der Waals surface area (Å²) >= 11 is 0. The lowest BCUT2D eigenvalue weighted by Crippen LogP contribution is -2.25. The summed E-state index contributed by atoms with van der Waals surface area (Å²) < 4.78 is 0. The molecule has 1 atom stereocenters. The van der Waals surface area contributed by atoms with Crippen molar-refractivity contribution in [2.24, 2.45) is 0 Å². The molecule has 1 amide bonds. The number of unbranched alkanes of at least 4 members (excludes halogenated alkanes) is 1.